The summed E-state index contributed by atoms with van der Waals surface area (Å²) in [5, 5.41) is 4.92. The van der Waals surface area contributed by atoms with Crippen LogP contribution in [0.2, 0.25) is 0 Å². The van der Waals surface area contributed by atoms with Crippen LogP contribution in [-0.2, 0) is 15.1 Å². The summed E-state index contributed by atoms with van der Waals surface area (Å²) in [5.74, 6) is -0.664. The lowest BCUT2D eigenvalue weighted by Crippen LogP contribution is -2.51. The molecule has 0 saturated carbocycles. The van der Waals surface area contributed by atoms with E-state index in [-0.39, 0.29) is 12.5 Å². The van der Waals surface area contributed by atoms with Gasteiger partial charge in [0, 0.05) is 11.5 Å². The predicted octanol–water partition coefficient (Wildman–Crippen LogP) is 0.485. The number of rotatable bonds is 4. The highest BCUT2D eigenvalue weighted by Crippen LogP contribution is 2.20. The molecule has 0 spiro atoms. The number of carbonyl (C=O) groups is 2. The summed E-state index contributed by atoms with van der Waals surface area (Å²) in [7, 11) is 1.50. The van der Waals surface area contributed by atoms with Gasteiger partial charge in [-0.05, 0) is 24.6 Å². The Morgan fingerprint density at radius 3 is 2.39 bits per heavy atom. The van der Waals surface area contributed by atoms with Crippen LogP contribution >= 0.6 is 15.9 Å². The van der Waals surface area contributed by atoms with Gasteiger partial charge in [-0.15, -0.1) is 0 Å². The van der Waals surface area contributed by atoms with Crippen molar-refractivity contribution in [3.8, 4) is 0 Å². The summed E-state index contributed by atoms with van der Waals surface area (Å²) < 4.78 is 0.910. The fraction of sp³-hybridized carbons (Fsp3) is 0.333. The van der Waals surface area contributed by atoms with Crippen molar-refractivity contribution in [2.24, 2.45) is 5.73 Å². The molecule has 0 aliphatic carbocycles. The van der Waals surface area contributed by atoms with Gasteiger partial charge in [0.15, 0.2) is 0 Å². The summed E-state index contributed by atoms with van der Waals surface area (Å²) >= 11 is 3.31. The zero-order chi connectivity index (χ0) is 13.8. The summed E-state index contributed by atoms with van der Waals surface area (Å²) in [4.78, 5) is 23.0. The van der Waals surface area contributed by atoms with Crippen molar-refractivity contribution in [1.82, 2.24) is 10.6 Å². The van der Waals surface area contributed by atoms with Crippen molar-refractivity contribution in [2.45, 2.75) is 12.5 Å². The highest BCUT2D eigenvalue weighted by molar-refractivity contribution is 9.10. The van der Waals surface area contributed by atoms with E-state index < -0.39 is 11.4 Å². The fourth-order valence-corrected chi connectivity index (χ4v) is 1.62. The van der Waals surface area contributed by atoms with Gasteiger partial charge >= 0.3 is 0 Å². The molecule has 1 aromatic rings. The van der Waals surface area contributed by atoms with Crippen LogP contribution in [0, 0.1) is 0 Å². The Hall–Kier alpha value is -1.40. The molecule has 4 N–H and O–H groups in total. The highest BCUT2D eigenvalue weighted by Gasteiger charge is 2.30. The molecule has 2 amide bonds. The van der Waals surface area contributed by atoms with E-state index >= 15 is 0 Å². The Kier molecular flexibility index (Phi) is 4.86. The first-order valence-electron chi connectivity index (χ1n) is 5.41. The van der Waals surface area contributed by atoms with Gasteiger partial charge in [0.05, 0.1) is 6.54 Å². The Balaban J connectivity index is 2.76. The maximum atomic E-state index is 11.9. The van der Waals surface area contributed by atoms with Gasteiger partial charge in [0.25, 0.3) is 0 Å². The first kappa shape index (κ1) is 14.7. The number of amides is 2. The molecule has 0 aliphatic rings. The van der Waals surface area contributed by atoms with Crippen molar-refractivity contribution in [3.63, 3.8) is 0 Å². The number of likely N-dealkylation sites (N-methyl/N-ethyl adjacent to an activating group) is 1. The zero-order valence-electron chi connectivity index (χ0n) is 10.3. The Bertz CT molecular complexity index is 443. The third-order valence-corrected chi connectivity index (χ3v) is 3.13. The Labute approximate surface area is 114 Å². The van der Waals surface area contributed by atoms with Gasteiger partial charge in [-0.25, -0.2) is 0 Å². The number of benzene rings is 1. The van der Waals surface area contributed by atoms with E-state index in [1.807, 2.05) is 12.1 Å². The molecule has 5 nitrogen and oxygen atoms in total. The van der Waals surface area contributed by atoms with Crippen molar-refractivity contribution < 1.29 is 9.59 Å². The quantitative estimate of drug-likeness (QED) is 0.756. The van der Waals surface area contributed by atoms with Gasteiger partial charge in [0.2, 0.25) is 11.8 Å². The second kappa shape index (κ2) is 5.97. The first-order chi connectivity index (χ1) is 8.37. The second-order valence-electron chi connectivity index (χ2n) is 4.07. The van der Waals surface area contributed by atoms with E-state index in [1.54, 1.807) is 19.1 Å². The van der Waals surface area contributed by atoms with E-state index in [4.69, 9.17) is 5.73 Å². The Morgan fingerprint density at radius 2 is 1.89 bits per heavy atom. The molecule has 0 fully saturated rings. The van der Waals surface area contributed by atoms with Crippen LogP contribution in [0.5, 0.6) is 0 Å². The molecule has 0 bridgehead atoms. The molecular weight excluding hydrogens is 298 g/mol. The number of hydrogen-bond acceptors (Lipinski definition) is 3. The molecule has 0 heterocycles. The highest BCUT2D eigenvalue weighted by atomic mass is 79.9. The predicted molar refractivity (Wildman–Crippen MR) is 72.8 cm³/mol. The number of carbonyl (C=O) groups excluding carboxylic acids is 2. The van der Waals surface area contributed by atoms with Crippen LogP contribution in [0.3, 0.4) is 0 Å². The maximum absolute atomic E-state index is 11.9. The summed E-state index contributed by atoms with van der Waals surface area (Å²) in [6, 6.07) is 7.16. The minimum Gasteiger partial charge on any atom is -0.358 e. The monoisotopic (exact) mass is 313 g/mol. The molecule has 1 aromatic carbocycles. The van der Waals surface area contributed by atoms with Crippen LogP contribution in [0.25, 0.3) is 0 Å². The third kappa shape index (κ3) is 3.54. The van der Waals surface area contributed by atoms with Crippen LogP contribution in [0.4, 0.5) is 0 Å². The van der Waals surface area contributed by atoms with E-state index in [0.29, 0.717) is 5.56 Å². The van der Waals surface area contributed by atoms with Gasteiger partial charge in [0.1, 0.15) is 5.54 Å². The van der Waals surface area contributed by atoms with E-state index in [1.165, 1.54) is 7.05 Å². The number of halogens is 1. The lowest BCUT2D eigenvalue weighted by atomic mass is 9.92. The average molecular weight is 314 g/mol. The smallest absolute Gasteiger partial charge is 0.244 e. The van der Waals surface area contributed by atoms with Crippen LogP contribution in [0.15, 0.2) is 28.7 Å². The number of nitrogens with two attached hydrogens (primary N) is 1. The van der Waals surface area contributed by atoms with Crippen molar-refractivity contribution >= 4 is 27.7 Å². The molecule has 0 radical (unpaired) electrons. The number of hydrogen-bond donors (Lipinski definition) is 3. The van der Waals surface area contributed by atoms with Crippen molar-refractivity contribution in [1.29, 1.82) is 0 Å². The molecule has 98 valence electrons. The van der Waals surface area contributed by atoms with Gasteiger partial charge in [-0.1, -0.05) is 28.1 Å². The molecule has 18 heavy (non-hydrogen) atoms. The SMILES string of the molecule is CNC(=O)CNC(=O)C(C)(N)c1ccc(Br)cc1. The normalized spacial score (nSPS) is 13.6. The number of nitrogens with one attached hydrogen (secondary N) is 2. The summed E-state index contributed by atoms with van der Waals surface area (Å²) in [6.45, 7) is 1.52. The zero-order valence-corrected chi connectivity index (χ0v) is 11.9. The summed E-state index contributed by atoms with van der Waals surface area (Å²) in [5.41, 5.74) is 5.51. The molecule has 0 aromatic heterocycles. The topological polar surface area (TPSA) is 84.2 Å². The largest absolute Gasteiger partial charge is 0.358 e. The Morgan fingerprint density at radius 1 is 1.33 bits per heavy atom. The van der Waals surface area contributed by atoms with Crippen LogP contribution in [0.1, 0.15) is 12.5 Å². The lowest BCUT2D eigenvalue weighted by molar-refractivity contribution is -0.129. The van der Waals surface area contributed by atoms with Crippen LogP contribution < -0.4 is 16.4 Å². The lowest BCUT2D eigenvalue weighted by Gasteiger charge is -2.24. The van der Waals surface area contributed by atoms with Crippen LogP contribution in [-0.4, -0.2) is 25.4 Å². The standard InChI is InChI=1S/C12H16BrN3O2/c1-12(14,8-3-5-9(13)6-4-8)11(18)16-7-10(17)15-2/h3-6H,7,14H2,1-2H3,(H,15,17)(H,16,18). The minimum atomic E-state index is -1.17. The van der Waals surface area contributed by atoms with Gasteiger partial charge in [-0.2, -0.15) is 0 Å². The van der Waals surface area contributed by atoms with E-state index in [0.717, 1.165) is 4.47 Å². The van der Waals surface area contributed by atoms with Gasteiger partial charge in [-0.3, -0.25) is 9.59 Å². The van der Waals surface area contributed by atoms with Gasteiger partial charge < -0.3 is 16.4 Å². The molecule has 6 heteroatoms. The molecule has 1 atom stereocenters. The fourth-order valence-electron chi connectivity index (χ4n) is 1.36. The van der Waals surface area contributed by atoms with E-state index in [2.05, 4.69) is 26.6 Å². The molecule has 1 unspecified atom stereocenters. The average Bonchev–Trinajstić information content (AvgIpc) is 2.35. The maximum Gasteiger partial charge on any atom is 0.244 e. The minimum absolute atomic E-state index is 0.0847. The van der Waals surface area contributed by atoms with E-state index in [9.17, 15) is 9.59 Å². The third-order valence-electron chi connectivity index (χ3n) is 2.60. The molecule has 0 aliphatic heterocycles. The summed E-state index contributed by atoms with van der Waals surface area (Å²) in [6.07, 6.45) is 0. The first-order valence-corrected chi connectivity index (χ1v) is 6.21. The molecular formula is C12H16BrN3O2. The van der Waals surface area contributed by atoms with Crippen molar-refractivity contribution in [2.75, 3.05) is 13.6 Å². The van der Waals surface area contributed by atoms with Crippen molar-refractivity contribution in [3.05, 3.63) is 34.3 Å². The molecule has 1 rings (SSSR count). The molecule has 0 saturated heterocycles. The second-order valence-corrected chi connectivity index (χ2v) is 4.98.